The molecule has 0 unspecified atom stereocenters. The maximum absolute atomic E-state index is 5.73. The van der Waals surface area contributed by atoms with Crippen molar-refractivity contribution < 1.29 is 4.74 Å². The Hall–Kier alpha value is -0.820. The number of benzene rings is 1. The van der Waals surface area contributed by atoms with Crippen molar-refractivity contribution >= 4 is 0 Å². The minimum absolute atomic E-state index is 0.523. The van der Waals surface area contributed by atoms with Crippen molar-refractivity contribution in [3.05, 3.63) is 35.9 Å². The largest absolute Gasteiger partial charge is 0.374 e. The number of ether oxygens (including phenoxy) is 1. The highest BCUT2D eigenvalue weighted by atomic mass is 16.5. The van der Waals surface area contributed by atoms with Crippen LogP contribution in [0.2, 0.25) is 0 Å². The second-order valence-corrected chi connectivity index (χ2v) is 4.00. The van der Waals surface area contributed by atoms with Crippen LogP contribution in [0, 0.1) is 5.92 Å². The van der Waals surface area contributed by atoms with Gasteiger partial charge >= 0.3 is 0 Å². The lowest BCUT2D eigenvalue weighted by molar-refractivity contribution is -0.0352. The van der Waals surface area contributed by atoms with Crippen molar-refractivity contribution in [3.63, 3.8) is 0 Å². The first-order valence-corrected chi connectivity index (χ1v) is 6.00. The summed E-state index contributed by atoms with van der Waals surface area (Å²) in [6.45, 7) is 7.06. The molecule has 1 saturated carbocycles. The van der Waals surface area contributed by atoms with Crippen molar-refractivity contribution in [2.75, 3.05) is 0 Å². The van der Waals surface area contributed by atoms with Crippen LogP contribution in [0.5, 0.6) is 0 Å². The van der Waals surface area contributed by atoms with Gasteiger partial charge in [-0.3, -0.25) is 0 Å². The molecule has 0 saturated heterocycles. The lowest BCUT2D eigenvalue weighted by Crippen LogP contribution is -2.29. The van der Waals surface area contributed by atoms with E-state index in [4.69, 9.17) is 4.74 Å². The number of hydrogen-bond acceptors (Lipinski definition) is 1. The zero-order valence-corrected chi connectivity index (χ0v) is 10.1. The minimum atomic E-state index is 0.523. The Labute approximate surface area is 93.5 Å². The fourth-order valence-electron chi connectivity index (χ4n) is 1.75. The van der Waals surface area contributed by atoms with Crippen LogP contribution in [0.15, 0.2) is 30.3 Å². The topological polar surface area (TPSA) is 9.23 Å². The monoisotopic (exact) mass is 206 g/mol. The standard InChI is InChI=1S/C12H16O.C2H6/c1-10-7-12(8-10)13-9-11-5-3-2-4-6-11;1-2/h2-6,10,12H,7-9H2,1H3;1-2H3. The summed E-state index contributed by atoms with van der Waals surface area (Å²) in [5.41, 5.74) is 1.28. The molecule has 0 spiro atoms. The molecule has 0 N–H and O–H groups in total. The first kappa shape index (κ1) is 12.3. The molecule has 1 aromatic carbocycles. The molecular weight excluding hydrogens is 184 g/mol. The molecule has 1 aliphatic rings. The second-order valence-electron chi connectivity index (χ2n) is 4.00. The molecule has 0 atom stereocenters. The van der Waals surface area contributed by atoms with E-state index in [0.717, 1.165) is 12.5 Å². The van der Waals surface area contributed by atoms with Crippen LogP contribution in [0.3, 0.4) is 0 Å². The smallest absolute Gasteiger partial charge is 0.0720 e. The van der Waals surface area contributed by atoms with Gasteiger partial charge in [-0.1, -0.05) is 51.1 Å². The Bertz CT molecular complexity index is 249. The van der Waals surface area contributed by atoms with Crippen LogP contribution in [0.25, 0.3) is 0 Å². The summed E-state index contributed by atoms with van der Waals surface area (Å²) in [6, 6.07) is 10.4. The molecular formula is C14H22O. The molecule has 0 radical (unpaired) electrons. The quantitative estimate of drug-likeness (QED) is 0.725. The fourth-order valence-corrected chi connectivity index (χ4v) is 1.75. The highest BCUT2D eigenvalue weighted by Crippen LogP contribution is 2.29. The van der Waals surface area contributed by atoms with Crippen LogP contribution in [-0.4, -0.2) is 6.10 Å². The number of rotatable bonds is 3. The van der Waals surface area contributed by atoms with Crippen molar-refractivity contribution in [3.8, 4) is 0 Å². The van der Waals surface area contributed by atoms with E-state index in [1.165, 1.54) is 18.4 Å². The average molecular weight is 206 g/mol. The summed E-state index contributed by atoms with van der Waals surface area (Å²) in [5, 5.41) is 0. The van der Waals surface area contributed by atoms with Gasteiger partial charge in [0.1, 0.15) is 0 Å². The maximum Gasteiger partial charge on any atom is 0.0720 e. The predicted molar refractivity (Wildman–Crippen MR) is 64.8 cm³/mol. The predicted octanol–water partition coefficient (Wildman–Crippen LogP) is 4.03. The van der Waals surface area contributed by atoms with E-state index in [1.807, 2.05) is 19.9 Å². The van der Waals surface area contributed by atoms with E-state index >= 15 is 0 Å². The molecule has 0 heterocycles. The summed E-state index contributed by atoms with van der Waals surface area (Å²) < 4.78 is 5.73. The molecule has 0 aliphatic heterocycles. The molecule has 84 valence electrons. The third kappa shape index (κ3) is 4.05. The van der Waals surface area contributed by atoms with Gasteiger partial charge < -0.3 is 4.74 Å². The first-order valence-electron chi connectivity index (χ1n) is 6.00. The second kappa shape index (κ2) is 6.62. The summed E-state index contributed by atoms with van der Waals surface area (Å²) >= 11 is 0. The molecule has 0 bridgehead atoms. The van der Waals surface area contributed by atoms with Crippen LogP contribution < -0.4 is 0 Å². The van der Waals surface area contributed by atoms with Gasteiger partial charge in [-0.05, 0) is 24.3 Å². The summed E-state index contributed by atoms with van der Waals surface area (Å²) in [7, 11) is 0. The Balaban J connectivity index is 0.000000531. The van der Waals surface area contributed by atoms with Crippen molar-refractivity contribution in [2.45, 2.75) is 46.3 Å². The molecule has 15 heavy (non-hydrogen) atoms. The highest BCUT2D eigenvalue weighted by Gasteiger charge is 2.25. The lowest BCUT2D eigenvalue weighted by Gasteiger charge is -2.32. The van der Waals surface area contributed by atoms with Gasteiger partial charge in [-0.15, -0.1) is 0 Å². The van der Waals surface area contributed by atoms with Crippen LogP contribution >= 0.6 is 0 Å². The van der Waals surface area contributed by atoms with E-state index in [2.05, 4.69) is 31.2 Å². The van der Waals surface area contributed by atoms with Gasteiger partial charge in [0, 0.05) is 0 Å². The van der Waals surface area contributed by atoms with Gasteiger partial charge in [-0.2, -0.15) is 0 Å². The summed E-state index contributed by atoms with van der Waals surface area (Å²) in [5.74, 6) is 0.876. The average Bonchev–Trinajstić information content (AvgIpc) is 2.27. The van der Waals surface area contributed by atoms with E-state index in [-0.39, 0.29) is 0 Å². The zero-order chi connectivity index (χ0) is 11.1. The van der Waals surface area contributed by atoms with Gasteiger partial charge in [0.15, 0.2) is 0 Å². The van der Waals surface area contributed by atoms with E-state index in [9.17, 15) is 0 Å². The van der Waals surface area contributed by atoms with Gasteiger partial charge in [0.05, 0.1) is 12.7 Å². The molecule has 1 aromatic rings. The van der Waals surface area contributed by atoms with Crippen LogP contribution in [0.1, 0.15) is 39.2 Å². The Kier molecular flexibility index (Phi) is 5.41. The van der Waals surface area contributed by atoms with Crippen molar-refractivity contribution in [2.24, 2.45) is 5.92 Å². The van der Waals surface area contributed by atoms with Gasteiger partial charge in [0.25, 0.3) is 0 Å². The Morgan fingerprint density at radius 1 is 1.13 bits per heavy atom. The molecule has 1 heteroatoms. The SMILES string of the molecule is CC.CC1CC(OCc2ccccc2)C1. The van der Waals surface area contributed by atoms with E-state index < -0.39 is 0 Å². The summed E-state index contributed by atoms with van der Waals surface area (Å²) in [4.78, 5) is 0. The van der Waals surface area contributed by atoms with Crippen molar-refractivity contribution in [1.29, 1.82) is 0 Å². The number of hydrogen-bond donors (Lipinski definition) is 0. The maximum atomic E-state index is 5.73. The zero-order valence-electron chi connectivity index (χ0n) is 10.1. The molecule has 1 fully saturated rings. The third-order valence-corrected chi connectivity index (χ3v) is 2.66. The van der Waals surface area contributed by atoms with E-state index in [1.54, 1.807) is 0 Å². The van der Waals surface area contributed by atoms with Crippen molar-refractivity contribution in [1.82, 2.24) is 0 Å². The third-order valence-electron chi connectivity index (χ3n) is 2.66. The van der Waals surface area contributed by atoms with Gasteiger partial charge in [-0.25, -0.2) is 0 Å². The van der Waals surface area contributed by atoms with Gasteiger partial charge in [0.2, 0.25) is 0 Å². The van der Waals surface area contributed by atoms with Crippen LogP contribution in [-0.2, 0) is 11.3 Å². The van der Waals surface area contributed by atoms with Crippen LogP contribution in [0.4, 0.5) is 0 Å². The molecule has 1 aliphatic carbocycles. The fraction of sp³-hybridized carbons (Fsp3) is 0.571. The molecule has 0 aromatic heterocycles. The minimum Gasteiger partial charge on any atom is -0.374 e. The highest BCUT2D eigenvalue weighted by molar-refractivity contribution is 5.13. The Morgan fingerprint density at radius 2 is 1.73 bits per heavy atom. The normalized spacial score (nSPS) is 23.7. The Morgan fingerprint density at radius 3 is 2.27 bits per heavy atom. The molecule has 2 rings (SSSR count). The first-order chi connectivity index (χ1) is 7.34. The summed E-state index contributed by atoms with van der Waals surface area (Å²) in [6.07, 6.45) is 3.01. The molecule has 0 amide bonds. The molecule has 1 nitrogen and oxygen atoms in total. The lowest BCUT2D eigenvalue weighted by atomic mass is 9.84. The van der Waals surface area contributed by atoms with E-state index in [0.29, 0.717) is 6.10 Å².